The van der Waals surface area contributed by atoms with Gasteiger partial charge in [0.1, 0.15) is 5.75 Å². The average Bonchev–Trinajstić information content (AvgIpc) is 2.85. The lowest BCUT2D eigenvalue weighted by atomic mass is 10.0. The fourth-order valence-electron chi connectivity index (χ4n) is 4.78. The zero-order valence-corrected chi connectivity index (χ0v) is 23.0. The smallest absolute Gasteiger partial charge is 0.307 e. The van der Waals surface area contributed by atoms with E-state index in [1.165, 1.54) is 135 Å². The van der Waals surface area contributed by atoms with Gasteiger partial charge in [-0.05, 0) is 24.1 Å². The first kappa shape index (κ1) is 31.5. The van der Waals surface area contributed by atoms with Crippen LogP contribution in [0.2, 0.25) is 0 Å². The average molecular weight is 489 g/mol. The number of hydrogen-bond donors (Lipinski definition) is 1. The van der Waals surface area contributed by atoms with Gasteiger partial charge in [0.05, 0.1) is 13.0 Å². The number of rotatable bonds is 26. The first-order chi connectivity index (χ1) is 17.2. The Kier molecular flexibility index (Phi) is 21.8. The monoisotopic (exact) mass is 488 g/mol. The quantitative estimate of drug-likeness (QED) is 0.132. The molecule has 0 aliphatic carbocycles. The maximum absolute atomic E-state index is 10.7. The first-order valence-corrected chi connectivity index (χ1v) is 15.2. The van der Waals surface area contributed by atoms with Gasteiger partial charge in [0.2, 0.25) is 0 Å². The van der Waals surface area contributed by atoms with Crippen LogP contribution >= 0.6 is 0 Å². The second-order valence-corrected chi connectivity index (χ2v) is 10.5. The third-order valence-electron chi connectivity index (χ3n) is 7.05. The van der Waals surface area contributed by atoms with Crippen molar-refractivity contribution in [2.45, 2.75) is 155 Å². The van der Waals surface area contributed by atoms with Crippen LogP contribution in [0.1, 0.15) is 154 Å². The van der Waals surface area contributed by atoms with Crippen molar-refractivity contribution < 1.29 is 14.6 Å². The summed E-state index contributed by atoms with van der Waals surface area (Å²) in [6.07, 6.45) is 30.9. The van der Waals surface area contributed by atoms with E-state index in [0.29, 0.717) is 0 Å². The molecule has 202 valence electrons. The summed E-state index contributed by atoms with van der Waals surface area (Å²) in [6, 6.07) is 7.41. The van der Waals surface area contributed by atoms with Crippen molar-refractivity contribution in [3.63, 3.8) is 0 Å². The van der Waals surface area contributed by atoms with Crippen LogP contribution in [0.3, 0.4) is 0 Å². The van der Waals surface area contributed by atoms with E-state index in [1.807, 2.05) is 24.3 Å². The molecule has 0 aliphatic rings. The van der Waals surface area contributed by atoms with Gasteiger partial charge in [0, 0.05) is 0 Å². The molecule has 0 amide bonds. The molecular weight excluding hydrogens is 432 g/mol. The molecule has 0 aromatic heterocycles. The minimum Gasteiger partial charge on any atom is -0.494 e. The van der Waals surface area contributed by atoms with Gasteiger partial charge in [-0.1, -0.05) is 154 Å². The number of benzene rings is 1. The summed E-state index contributed by atoms with van der Waals surface area (Å²) < 4.78 is 5.76. The molecule has 0 radical (unpaired) electrons. The van der Waals surface area contributed by atoms with Gasteiger partial charge in [0.25, 0.3) is 0 Å². The van der Waals surface area contributed by atoms with E-state index in [1.54, 1.807) is 0 Å². The van der Waals surface area contributed by atoms with Crippen molar-refractivity contribution in [1.29, 1.82) is 0 Å². The standard InChI is InChI=1S/C32H56O3/c1-2-3-4-5-6-7-8-9-10-11-12-13-14-15-16-17-18-19-20-21-22-23-28-35-31-26-24-30(25-27-31)29-32(33)34/h24-27H,2-23,28-29H2,1H3,(H,33,34). The largest absolute Gasteiger partial charge is 0.494 e. The molecule has 35 heavy (non-hydrogen) atoms. The first-order valence-electron chi connectivity index (χ1n) is 15.2. The molecule has 1 rings (SSSR count). The summed E-state index contributed by atoms with van der Waals surface area (Å²) in [5.74, 6) is 0.0381. The maximum atomic E-state index is 10.7. The fraction of sp³-hybridized carbons (Fsp3) is 0.781. The van der Waals surface area contributed by atoms with Crippen molar-refractivity contribution in [2.75, 3.05) is 6.61 Å². The molecule has 1 aromatic rings. The zero-order valence-electron chi connectivity index (χ0n) is 23.0. The van der Waals surface area contributed by atoms with Crippen molar-refractivity contribution in [2.24, 2.45) is 0 Å². The number of carboxylic acid groups (broad SMARTS) is 1. The lowest BCUT2D eigenvalue weighted by Crippen LogP contribution is -2.00. The molecule has 0 atom stereocenters. The minimum atomic E-state index is -0.798. The fourth-order valence-corrected chi connectivity index (χ4v) is 4.78. The summed E-state index contributed by atoms with van der Waals surface area (Å²) >= 11 is 0. The molecule has 0 spiro atoms. The molecule has 3 nitrogen and oxygen atoms in total. The van der Waals surface area contributed by atoms with E-state index < -0.39 is 5.97 Å². The van der Waals surface area contributed by atoms with Crippen LogP contribution in [0.4, 0.5) is 0 Å². The van der Waals surface area contributed by atoms with Crippen LogP contribution < -0.4 is 4.74 Å². The van der Waals surface area contributed by atoms with Crippen molar-refractivity contribution >= 4 is 5.97 Å². The Balaban J connectivity index is 1.73. The number of carboxylic acids is 1. The van der Waals surface area contributed by atoms with E-state index in [4.69, 9.17) is 9.84 Å². The maximum Gasteiger partial charge on any atom is 0.307 e. The highest BCUT2D eigenvalue weighted by atomic mass is 16.5. The van der Waals surface area contributed by atoms with E-state index in [0.717, 1.165) is 24.3 Å². The number of unbranched alkanes of at least 4 members (excludes halogenated alkanes) is 21. The Bertz CT molecular complexity index is 581. The van der Waals surface area contributed by atoms with Crippen molar-refractivity contribution in [3.05, 3.63) is 29.8 Å². The van der Waals surface area contributed by atoms with Crippen LogP contribution in [0.25, 0.3) is 0 Å². The van der Waals surface area contributed by atoms with Crippen LogP contribution in [0, 0.1) is 0 Å². The van der Waals surface area contributed by atoms with Crippen LogP contribution in [-0.4, -0.2) is 17.7 Å². The third kappa shape index (κ3) is 21.5. The Morgan fingerprint density at radius 2 is 0.914 bits per heavy atom. The van der Waals surface area contributed by atoms with Gasteiger partial charge < -0.3 is 9.84 Å². The van der Waals surface area contributed by atoms with E-state index in [9.17, 15) is 4.79 Å². The highest BCUT2D eigenvalue weighted by molar-refractivity contribution is 5.70. The van der Waals surface area contributed by atoms with Crippen LogP contribution in [-0.2, 0) is 11.2 Å². The van der Waals surface area contributed by atoms with E-state index in [-0.39, 0.29) is 6.42 Å². The number of aliphatic carboxylic acids is 1. The predicted molar refractivity (Wildman–Crippen MR) is 151 cm³/mol. The second-order valence-electron chi connectivity index (χ2n) is 10.5. The Morgan fingerprint density at radius 3 is 1.26 bits per heavy atom. The highest BCUT2D eigenvalue weighted by Crippen LogP contribution is 2.16. The number of ether oxygens (including phenoxy) is 1. The van der Waals surface area contributed by atoms with E-state index in [2.05, 4.69) is 6.92 Å². The zero-order chi connectivity index (χ0) is 25.2. The number of hydrogen-bond acceptors (Lipinski definition) is 2. The van der Waals surface area contributed by atoms with Crippen molar-refractivity contribution in [1.82, 2.24) is 0 Å². The molecule has 0 saturated carbocycles. The number of carbonyl (C=O) groups is 1. The van der Waals surface area contributed by atoms with Gasteiger partial charge in [-0.25, -0.2) is 0 Å². The Labute approximate surface area is 217 Å². The van der Waals surface area contributed by atoms with Crippen molar-refractivity contribution in [3.8, 4) is 5.75 Å². The molecule has 0 bridgehead atoms. The minimum absolute atomic E-state index is 0.0692. The summed E-state index contributed by atoms with van der Waals surface area (Å²) in [7, 11) is 0. The summed E-state index contributed by atoms with van der Waals surface area (Å²) in [5, 5.41) is 8.80. The second kappa shape index (κ2) is 24.2. The SMILES string of the molecule is CCCCCCCCCCCCCCCCCCCCCCCCOc1ccc(CC(=O)O)cc1. The van der Waals surface area contributed by atoms with Gasteiger partial charge in [0.15, 0.2) is 0 Å². The normalized spacial score (nSPS) is 11.1. The lowest BCUT2D eigenvalue weighted by Gasteiger charge is -2.07. The Hall–Kier alpha value is -1.51. The van der Waals surface area contributed by atoms with Crippen LogP contribution in [0.5, 0.6) is 5.75 Å². The van der Waals surface area contributed by atoms with Gasteiger partial charge in [-0.2, -0.15) is 0 Å². The summed E-state index contributed by atoms with van der Waals surface area (Å²) in [5.41, 5.74) is 0.814. The molecule has 0 unspecified atom stereocenters. The Morgan fingerprint density at radius 1 is 0.571 bits per heavy atom. The molecule has 0 heterocycles. The summed E-state index contributed by atoms with van der Waals surface area (Å²) in [6.45, 7) is 3.04. The predicted octanol–water partition coefficient (Wildman–Crippen LogP) is 10.3. The lowest BCUT2D eigenvalue weighted by molar-refractivity contribution is -0.136. The highest BCUT2D eigenvalue weighted by Gasteiger charge is 2.01. The molecule has 1 aromatic carbocycles. The summed E-state index contributed by atoms with van der Waals surface area (Å²) in [4.78, 5) is 10.7. The molecule has 0 saturated heterocycles. The molecule has 0 aliphatic heterocycles. The van der Waals surface area contributed by atoms with Gasteiger partial charge in [-0.3, -0.25) is 4.79 Å². The molecular formula is C32H56O3. The van der Waals surface area contributed by atoms with Gasteiger partial charge >= 0.3 is 5.97 Å². The van der Waals surface area contributed by atoms with E-state index >= 15 is 0 Å². The topological polar surface area (TPSA) is 46.5 Å². The molecule has 3 heteroatoms. The third-order valence-corrected chi connectivity index (χ3v) is 7.05. The molecule has 0 fully saturated rings. The van der Waals surface area contributed by atoms with Gasteiger partial charge in [-0.15, -0.1) is 0 Å². The molecule has 1 N–H and O–H groups in total. The van der Waals surface area contributed by atoms with Crippen LogP contribution in [0.15, 0.2) is 24.3 Å².